The van der Waals surface area contributed by atoms with Gasteiger partial charge in [0.05, 0.1) is 0 Å². The second kappa shape index (κ2) is 3.21. The van der Waals surface area contributed by atoms with E-state index >= 15 is 0 Å². The zero-order valence-electron chi connectivity index (χ0n) is 5.63. The van der Waals surface area contributed by atoms with Crippen LogP contribution in [-0.4, -0.2) is 3.96 Å². The van der Waals surface area contributed by atoms with E-state index in [4.69, 9.17) is 11.6 Å². The molecule has 10 heavy (non-hydrogen) atoms. The van der Waals surface area contributed by atoms with Crippen molar-refractivity contribution in [1.82, 2.24) is 3.96 Å². The molecule has 0 unspecified atom stereocenters. The molecule has 0 spiro atoms. The molecule has 0 aliphatic heterocycles. The third-order valence-corrected chi connectivity index (χ3v) is 2.30. The van der Waals surface area contributed by atoms with Gasteiger partial charge in [0.2, 0.25) is 0 Å². The van der Waals surface area contributed by atoms with E-state index < -0.39 is 0 Å². The third kappa shape index (κ3) is 1.61. The molecular weight excluding hydrogens is 170 g/mol. The van der Waals surface area contributed by atoms with Crippen LogP contribution in [0.5, 0.6) is 0 Å². The van der Waals surface area contributed by atoms with Gasteiger partial charge in [-0.05, 0) is 18.0 Å². The van der Waals surface area contributed by atoms with Gasteiger partial charge in [0.1, 0.15) is 4.34 Å². The second-order valence-electron chi connectivity index (χ2n) is 1.98. The molecule has 0 N–H and O–H groups in total. The largest absolute Gasteiger partial charge is 0.268 e. The molecule has 2 nitrogen and oxygen atoms in total. The van der Waals surface area contributed by atoms with Crippen LogP contribution < -0.4 is 5.56 Å². The Labute approximate surface area is 68.2 Å². The standard InChI is InChI=1S/C6H8ClNOS/c1-2-3-8-6(9)4-5(7)10-8/h4H,2-3H2,1H3. The maximum Gasteiger partial charge on any atom is 0.262 e. The lowest BCUT2D eigenvalue weighted by Gasteiger charge is -1.92. The average Bonchev–Trinajstić information content (AvgIpc) is 2.13. The lowest BCUT2D eigenvalue weighted by atomic mass is 10.5. The van der Waals surface area contributed by atoms with Crippen molar-refractivity contribution in [2.45, 2.75) is 19.9 Å². The highest BCUT2D eigenvalue weighted by Crippen LogP contribution is 2.11. The minimum Gasteiger partial charge on any atom is -0.268 e. The first-order valence-electron chi connectivity index (χ1n) is 3.10. The van der Waals surface area contributed by atoms with Crippen molar-refractivity contribution in [3.63, 3.8) is 0 Å². The highest BCUT2D eigenvalue weighted by atomic mass is 35.5. The van der Waals surface area contributed by atoms with Gasteiger partial charge >= 0.3 is 0 Å². The van der Waals surface area contributed by atoms with Crippen molar-refractivity contribution < 1.29 is 0 Å². The zero-order valence-corrected chi connectivity index (χ0v) is 7.21. The third-order valence-electron chi connectivity index (χ3n) is 1.11. The van der Waals surface area contributed by atoms with Gasteiger partial charge in [-0.25, -0.2) is 0 Å². The van der Waals surface area contributed by atoms with Crippen LogP contribution in [0.4, 0.5) is 0 Å². The van der Waals surface area contributed by atoms with Crippen LogP contribution >= 0.6 is 23.1 Å². The molecule has 0 aromatic carbocycles. The Kier molecular flexibility index (Phi) is 2.51. The molecule has 0 aliphatic rings. The molecule has 0 saturated carbocycles. The molecule has 0 amide bonds. The molecule has 0 fully saturated rings. The van der Waals surface area contributed by atoms with Crippen LogP contribution in [0.2, 0.25) is 4.34 Å². The summed E-state index contributed by atoms with van der Waals surface area (Å²) in [5.74, 6) is 0. The topological polar surface area (TPSA) is 22.0 Å². The summed E-state index contributed by atoms with van der Waals surface area (Å²) in [6.45, 7) is 2.80. The van der Waals surface area contributed by atoms with Crippen LogP contribution in [0.3, 0.4) is 0 Å². The average molecular weight is 178 g/mol. The number of aryl methyl sites for hydroxylation is 1. The van der Waals surface area contributed by atoms with Crippen LogP contribution in [0.25, 0.3) is 0 Å². The zero-order chi connectivity index (χ0) is 7.56. The van der Waals surface area contributed by atoms with E-state index in [1.807, 2.05) is 6.92 Å². The van der Waals surface area contributed by atoms with E-state index in [2.05, 4.69) is 0 Å². The van der Waals surface area contributed by atoms with Crippen molar-refractivity contribution in [1.29, 1.82) is 0 Å². The minimum absolute atomic E-state index is 0.0110. The highest BCUT2D eigenvalue weighted by molar-refractivity contribution is 7.11. The van der Waals surface area contributed by atoms with E-state index in [0.29, 0.717) is 4.34 Å². The van der Waals surface area contributed by atoms with Crippen LogP contribution in [0.1, 0.15) is 13.3 Å². The lowest BCUT2D eigenvalue weighted by Crippen LogP contribution is -2.10. The Hall–Kier alpha value is -0.280. The number of hydrogen-bond acceptors (Lipinski definition) is 2. The van der Waals surface area contributed by atoms with Crippen LogP contribution in [-0.2, 0) is 6.54 Å². The van der Waals surface area contributed by atoms with E-state index in [-0.39, 0.29) is 5.56 Å². The Morgan fingerprint density at radius 3 is 2.90 bits per heavy atom. The molecule has 1 aromatic heterocycles. The molecule has 0 radical (unpaired) electrons. The number of aromatic nitrogens is 1. The van der Waals surface area contributed by atoms with Gasteiger partial charge < -0.3 is 0 Å². The maximum atomic E-state index is 10.9. The van der Waals surface area contributed by atoms with Crippen molar-refractivity contribution in [3.05, 3.63) is 20.8 Å². The fourth-order valence-corrected chi connectivity index (χ4v) is 1.83. The van der Waals surface area contributed by atoms with Crippen molar-refractivity contribution in [2.75, 3.05) is 0 Å². The molecule has 4 heteroatoms. The second-order valence-corrected chi connectivity index (χ2v) is 3.67. The van der Waals surface area contributed by atoms with E-state index in [1.165, 1.54) is 17.6 Å². The van der Waals surface area contributed by atoms with Gasteiger partial charge in [-0.2, -0.15) is 0 Å². The predicted molar refractivity (Wildman–Crippen MR) is 43.9 cm³/mol. The van der Waals surface area contributed by atoms with Crippen molar-refractivity contribution in [3.8, 4) is 0 Å². The summed E-state index contributed by atoms with van der Waals surface area (Å²) in [5.41, 5.74) is 0.0110. The van der Waals surface area contributed by atoms with Gasteiger partial charge in [-0.1, -0.05) is 18.5 Å². The van der Waals surface area contributed by atoms with Gasteiger partial charge in [-0.3, -0.25) is 8.75 Å². The molecule has 1 rings (SSSR count). The summed E-state index contributed by atoms with van der Waals surface area (Å²) >= 11 is 6.91. The quantitative estimate of drug-likeness (QED) is 0.677. The Morgan fingerprint density at radius 1 is 1.80 bits per heavy atom. The van der Waals surface area contributed by atoms with Crippen LogP contribution in [0.15, 0.2) is 10.9 Å². The van der Waals surface area contributed by atoms with E-state index in [0.717, 1.165) is 13.0 Å². The van der Waals surface area contributed by atoms with Gasteiger partial charge in [0.25, 0.3) is 5.56 Å². The lowest BCUT2D eigenvalue weighted by molar-refractivity contribution is 0.714. The molecule has 1 heterocycles. The first kappa shape index (κ1) is 7.82. The fraction of sp³-hybridized carbons (Fsp3) is 0.500. The Bertz CT molecular complexity index is 265. The molecule has 0 aliphatic carbocycles. The van der Waals surface area contributed by atoms with Crippen LogP contribution in [0, 0.1) is 0 Å². The summed E-state index contributed by atoms with van der Waals surface area (Å²) in [7, 11) is 0. The van der Waals surface area contributed by atoms with Crippen molar-refractivity contribution >= 4 is 23.1 Å². The molecule has 1 aromatic rings. The summed E-state index contributed by atoms with van der Waals surface area (Å²) in [5, 5.41) is 0. The smallest absolute Gasteiger partial charge is 0.262 e. The molecule has 0 bridgehead atoms. The van der Waals surface area contributed by atoms with Gasteiger partial charge in [-0.15, -0.1) is 0 Å². The molecule has 0 atom stereocenters. The Morgan fingerprint density at radius 2 is 2.50 bits per heavy atom. The van der Waals surface area contributed by atoms with Gasteiger partial charge in [0, 0.05) is 12.6 Å². The number of nitrogens with zero attached hydrogens (tertiary/aromatic N) is 1. The molecule has 0 saturated heterocycles. The fourth-order valence-electron chi connectivity index (χ4n) is 0.705. The summed E-state index contributed by atoms with van der Waals surface area (Å²) in [4.78, 5) is 10.9. The molecular formula is C6H8ClNOS. The van der Waals surface area contributed by atoms with E-state index in [9.17, 15) is 4.79 Å². The summed E-state index contributed by atoms with van der Waals surface area (Å²) in [6.07, 6.45) is 0.969. The SMILES string of the molecule is CCCn1sc(Cl)cc1=O. The number of hydrogen-bond donors (Lipinski definition) is 0. The van der Waals surface area contributed by atoms with Gasteiger partial charge in [0.15, 0.2) is 0 Å². The molecule has 56 valence electrons. The summed E-state index contributed by atoms with van der Waals surface area (Å²) in [6, 6.07) is 1.45. The van der Waals surface area contributed by atoms with Crippen molar-refractivity contribution in [2.24, 2.45) is 0 Å². The minimum atomic E-state index is 0.0110. The number of rotatable bonds is 2. The first-order valence-corrected chi connectivity index (χ1v) is 4.26. The van der Waals surface area contributed by atoms with E-state index in [1.54, 1.807) is 3.96 Å². The highest BCUT2D eigenvalue weighted by Gasteiger charge is 1.98. The normalized spacial score (nSPS) is 10.2. The number of halogens is 1. The first-order chi connectivity index (χ1) is 4.74. The summed E-state index contributed by atoms with van der Waals surface area (Å²) < 4.78 is 2.22. The monoisotopic (exact) mass is 177 g/mol. The Balaban J connectivity index is 2.92. The predicted octanol–water partition coefficient (Wildman–Crippen LogP) is 1.97. The maximum absolute atomic E-state index is 10.9.